The fourth-order valence-electron chi connectivity index (χ4n) is 3.35. The van der Waals surface area contributed by atoms with Crippen molar-refractivity contribution >= 4 is 0 Å². The number of aliphatic hydroxyl groups excluding tert-OH is 1. The van der Waals surface area contributed by atoms with Crippen LogP contribution < -0.4 is 5.32 Å². The molecule has 1 aromatic rings. The Balaban J connectivity index is 1.40. The van der Waals surface area contributed by atoms with Crippen molar-refractivity contribution < 1.29 is 5.11 Å². The van der Waals surface area contributed by atoms with Crippen LogP contribution in [-0.2, 0) is 13.0 Å². The van der Waals surface area contributed by atoms with Gasteiger partial charge in [0.1, 0.15) is 0 Å². The molecule has 0 aromatic heterocycles. The molecular formula is C18H28N2O. The number of aliphatic hydroxyl groups is 1. The maximum Gasteiger partial charge on any atom is 0.0791 e. The molecule has 1 aliphatic heterocycles. The van der Waals surface area contributed by atoms with Gasteiger partial charge in [-0.3, -0.25) is 4.90 Å². The lowest BCUT2D eigenvalue weighted by Gasteiger charge is -2.30. The predicted molar refractivity (Wildman–Crippen MR) is 86.2 cm³/mol. The van der Waals surface area contributed by atoms with E-state index in [2.05, 4.69) is 41.4 Å². The van der Waals surface area contributed by atoms with E-state index in [0.29, 0.717) is 12.6 Å². The Morgan fingerprint density at radius 3 is 2.81 bits per heavy atom. The lowest BCUT2D eigenvalue weighted by molar-refractivity contribution is 0.102. The van der Waals surface area contributed by atoms with Gasteiger partial charge in [0.25, 0.3) is 0 Å². The fourth-order valence-corrected chi connectivity index (χ4v) is 3.35. The summed E-state index contributed by atoms with van der Waals surface area (Å²) in [5.41, 5.74) is 2.89. The molecule has 0 bridgehead atoms. The first-order valence-corrected chi connectivity index (χ1v) is 8.41. The average molecular weight is 288 g/mol. The molecule has 0 radical (unpaired) electrons. The summed E-state index contributed by atoms with van der Waals surface area (Å²) < 4.78 is 0. The van der Waals surface area contributed by atoms with Gasteiger partial charge in [-0.15, -0.1) is 0 Å². The Bertz CT molecular complexity index is 458. The lowest BCUT2D eigenvalue weighted by atomic mass is 10.00. The quantitative estimate of drug-likeness (QED) is 0.807. The van der Waals surface area contributed by atoms with Gasteiger partial charge in [-0.2, -0.15) is 0 Å². The van der Waals surface area contributed by atoms with Crippen LogP contribution in [0.2, 0.25) is 0 Å². The van der Waals surface area contributed by atoms with Crippen molar-refractivity contribution in [1.82, 2.24) is 10.2 Å². The van der Waals surface area contributed by atoms with Crippen LogP contribution in [0.3, 0.4) is 0 Å². The summed E-state index contributed by atoms with van der Waals surface area (Å²) in [7, 11) is 0. The molecule has 3 rings (SSSR count). The highest BCUT2D eigenvalue weighted by Gasteiger charge is 2.24. The molecule has 2 N–H and O–H groups in total. The molecular weight excluding hydrogens is 260 g/mol. The molecule has 2 atom stereocenters. The van der Waals surface area contributed by atoms with Crippen molar-refractivity contribution in [1.29, 1.82) is 0 Å². The molecule has 1 saturated carbocycles. The van der Waals surface area contributed by atoms with E-state index in [1.807, 2.05) is 0 Å². The minimum absolute atomic E-state index is 0.267. The standard InChI is InChI=1S/C18H28N2O/c1-14(10-15-6-7-15)19-11-18(21)13-20-9-8-16-4-2-3-5-17(16)12-20/h2-5,14-15,18-19,21H,6-13H2,1H3. The number of hydrogen-bond acceptors (Lipinski definition) is 3. The summed E-state index contributed by atoms with van der Waals surface area (Å²) in [6.07, 6.45) is 4.92. The van der Waals surface area contributed by atoms with Gasteiger partial charge in [-0.05, 0) is 36.8 Å². The number of hydrogen-bond donors (Lipinski definition) is 2. The number of β-amino-alcohol motifs (C(OH)–C–C–N with tert-alkyl or cyclic N) is 1. The van der Waals surface area contributed by atoms with Gasteiger partial charge in [-0.25, -0.2) is 0 Å². The van der Waals surface area contributed by atoms with Gasteiger partial charge < -0.3 is 10.4 Å². The third kappa shape index (κ3) is 4.53. The normalized spacial score (nSPS) is 21.8. The summed E-state index contributed by atoms with van der Waals surface area (Å²) in [4.78, 5) is 2.38. The molecule has 1 fully saturated rings. The van der Waals surface area contributed by atoms with Gasteiger partial charge in [-0.1, -0.05) is 37.1 Å². The van der Waals surface area contributed by atoms with Crippen LogP contribution in [0.5, 0.6) is 0 Å². The second-order valence-electron chi connectivity index (χ2n) is 6.90. The van der Waals surface area contributed by atoms with Gasteiger partial charge in [0, 0.05) is 32.2 Å². The van der Waals surface area contributed by atoms with Crippen LogP contribution in [0.1, 0.15) is 37.3 Å². The summed E-state index contributed by atoms with van der Waals surface area (Å²) >= 11 is 0. The van der Waals surface area contributed by atoms with Gasteiger partial charge in [0.2, 0.25) is 0 Å². The SMILES string of the molecule is CC(CC1CC1)NCC(O)CN1CCc2ccccc2C1. The van der Waals surface area contributed by atoms with Gasteiger partial charge in [0.05, 0.1) is 6.10 Å². The highest BCUT2D eigenvalue weighted by molar-refractivity contribution is 5.29. The topological polar surface area (TPSA) is 35.5 Å². The molecule has 3 heteroatoms. The first-order chi connectivity index (χ1) is 10.2. The molecule has 1 aromatic carbocycles. The number of rotatable bonds is 7. The fraction of sp³-hybridized carbons (Fsp3) is 0.667. The minimum atomic E-state index is -0.267. The Labute approximate surface area is 128 Å². The molecule has 2 aliphatic rings. The molecule has 0 saturated heterocycles. The van der Waals surface area contributed by atoms with Crippen LogP contribution in [-0.4, -0.2) is 41.8 Å². The highest BCUT2D eigenvalue weighted by Crippen LogP contribution is 2.33. The Kier molecular flexibility index (Phi) is 4.94. The summed E-state index contributed by atoms with van der Waals surface area (Å²) in [5, 5.41) is 13.7. The van der Waals surface area contributed by atoms with E-state index in [9.17, 15) is 5.11 Å². The third-order valence-electron chi connectivity index (χ3n) is 4.76. The van der Waals surface area contributed by atoms with Crippen LogP contribution in [0.25, 0.3) is 0 Å². The smallest absolute Gasteiger partial charge is 0.0791 e. The summed E-state index contributed by atoms with van der Waals surface area (Å²) in [5.74, 6) is 0.947. The first-order valence-electron chi connectivity index (χ1n) is 8.41. The summed E-state index contributed by atoms with van der Waals surface area (Å²) in [6.45, 7) is 5.77. The second-order valence-corrected chi connectivity index (χ2v) is 6.90. The molecule has 0 spiro atoms. The van der Waals surface area contributed by atoms with E-state index in [0.717, 1.165) is 32.0 Å². The molecule has 2 unspecified atom stereocenters. The van der Waals surface area contributed by atoms with E-state index in [-0.39, 0.29) is 6.10 Å². The largest absolute Gasteiger partial charge is 0.390 e. The number of nitrogens with one attached hydrogen (secondary N) is 1. The monoisotopic (exact) mass is 288 g/mol. The Morgan fingerprint density at radius 2 is 2.05 bits per heavy atom. The van der Waals surface area contributed by atoms with E-state index >= 15 is 0 Å². The Hall–Kier alpha value is -0.900. The maximum atomic E-state index is 10.2. The van der Waals surface area contributed by atoms with Crippen LogP contribution >= 0.6 is 0 Å². The minimum Gasteiger partial charge on any atom is -0.390 e. The number of benzene rings is 1. The van der Waals surface area contributed by atoms with Crippen LogP contribution in [0.15, 0.2) is 24.3 Å². The summed E-state index contributed by atoms with van der Waals surface area (Å²) in [6, 6.07) is 9.21. The molecule has 3 nitrogen and oxygen atoms in total. The Morgan fingerprint density at radius 1 is 1.29 bits per heavy atom. The average Bonchev–Trinajstić information content (AvgIpc) is 3.29. The zero-order chi connectivity index (χ0) is 14.7. The van der Waals surface area contributed by atoms with Crippen molar-refractivity contribution in [3.63, 3.8) is 0 Å². The molecule has 21 heavy (non-hydrogen) atoms. The van der Waals surface area contributed by atoms with Crippen molar-refractivity contribution in [3.05, 3.63) is 35.4 Å². The van der Waals surface area contributed by atoms with E-state index in [1.54, 1.807) is 0 Å². The molecule has 1 heterocycles. The van der Waals surface area contributed by atoms with Crippen molar-refractivity contribution in [2.45, 2.75) is 51.3 Å². The number of nitrogens with zero attached hydrogens (tertiary/aromatic N) is 1. The van der Waals surface area contributed by atoms with Gasteiger partial charge in [0.15, 0.2) is 0 Å². The van der Waals surface area contributed by atoms with Crippen molar-refractivity contribution in [2.24, 2.45) is 5.92 Å². The van der Waals surface area contributed by atoms with Crippen LogP contribution in [0.4, 0.5) is 0 Å². The molecule has 1 aliphatic carbocycles. The first kappa shape index (κ1) is 15.0. The zero-order valence-electron chi connectivity index (χ0n) is 13.1. The second kappa shape index (κ2) is 6.91. The maximum absolute atomic E-state index is 10.2. The third-order valence-corrected chi connectivity index (χ3v) is 4.76. The van der Waals surface area contributed by atoms with E-state index in [1.165, 1.54) is 30.4 Å². The molecule has 0 amide bonds. The van der Waals surface area contributed by atoms with Crippen molar-refractivity contribution in [2.75, 3.05) is 19.6 Å². The number of fused-ring (bicyclic) bond motifs is 1. The molecule has 116 valence electrons. The zero-order valence-corrected chi connectivity index (χ0v) is 13.1. The van der Waals surface area contributed by atoms with E-state index in [4.69, 9.17) is 0 Å². The van der Waals surface area contributed by atoms with Gasteiger partial charge >= 0.3 is 0 Å². The van der Waals surface area contributed by atoms with Crippen LogP contribution in [0, 0.1) is 5.92 Å². The van der Waals surface area contributed by atoms with E-state index < -0.39 is 0 Å². The van der Waals surface area contributed by atoms with Crippen molar-refractivity contribution in [3.8, 4) is 0 Å². The highest BCUT2D eigenvalue weighted by atomic mass is 16.3. The predicted octanol–water partition coefficient (Wildman–Crippen LogP) is 2.18. The lowest BCUT2D eigenvalue weighted by Crippen LogP contribution is -2.42.